The minimum Gasteiger partial charge on any atom is -0.481 e. The van der Waals surface area contributed by atoms with Gasteiger partial charge in [0.05, 0.1) is 26.2 Å². The molecule has 40 heavy (non-hydrogen) atoms. The molecule has 1 saturated carbocycles. The number of benzene rings is 2. The highest BCUT2D eigenvalue weighted by Gasteiger charge is 2.38. The summed E-state index contributed by atoms with van der Waals surface area (Å²) in [5.74, 6) is -1.03. The van der Waals surface area contributed by atoms with Gasteiger partial charge in [0.15, 0.2) is 0 Å². The van der Waals surface area contributed by atoms with Crippen LogP contribution in [0.2, 0.25) is 0 Å². The number of esters is 1. The van der Waals surface area contributed by atoms with Crippen LogP contribution in [-0.4, -0.2) is 74.5 Å². The first-order valence-corrected chi connectivity index (χ1v) is 14.3. The predicted octanol–water partition coefficient (Wildman–Crippen LogP) is 5.04. The Morgan fingerprint density at radius 3 is 2.10 bits per heavy atom. The van der Waals surface area contributed by atoms with Crippen molar-refractivity contribution in [3.8, 4) is 11.1 Å². The third-order valence-corrected chi connectivity index (χ3v) is 8.13. The molecule has 1 N–H and O–H groups in total. The molecular formula is C32H41NO7. The van der Waals surface area contributed by atoms with E-state index in [9.17, 15) is 19.5 Å². The van der Waals surface area contributed by atoms with Crippen molar-refractivity contribution >= 4 is 17.8 Å². The zero-order chi connectivity index (χ0) is 28.4. The normalized spacial score (nSPS) is 15.4. The summed E-state index contributed by atoms with van der Waals surface area (Å²) in [5.41, 5.74) is 4.42. The lowest BCUT2D eigenvalue weighted by molar-refractivity contribution is -0.144. The van der Waals surface area contributed by atoms with Gasteiger partial charge in [-0.15, -0.1) is 0 Å². The van der Waals surface area contributed by atoms with Gasteiger partial charge in [0.25, 0.3) is 0 Å². The number of ether oxygens (including phenoxy) is 3. The van der Waals surface area contributed by atoms with Crippen LogP contribution in [0, 0.1) is 5.41 Å². The van der Waals surface area contributed by atoms with E-state index < -0.39 is 11.4 Å². The minimum atomic E-state index is -0.834. The van der Waals surface area contributed by atoms with E-state index in [0.717, 1.165) is 25.7 Å². The summed E-state index contributed by atoms with van der Waals surface area (Å²) in [4.78, 5) is 37.8. The summed E-state index contributed by atoms with van der Waals surface area (Å²) in [6.45, 7) is 2.41. The maximum atomic E-state index is 12.6. The summed E-state index contributed by atoms with van der Waals surface area (Å²) in [6, 6.07) is 16.6. The van der Waals surface area contributed by atoms with Gasteiger partial charge in [-0.1, -0.05) is 61.4 Å². The van der Waals surface area contributed by atoms with Crippen molar-refractivity contribution in [2.75, 3.05) is 46.6 Å². The lowest BCUT2D eigenvalue weighted by atomic mass is 9.79. The van der Waals surface area contributed by atoms with Gasteiger partial charge in [0.1, 0.15) is 6.61 Å². The van der Waals surface area contributed by atoms with Gasteiger partial charge in [-0.3, -0.25) is 14.4 Å². The fraction of sp³-hybridized carbons (Fsp3) is 0.531. The first-order valence-electron chi connectivity index (χ1n) is 14.3. The van der Waals surface area contributed by atoms with Gasteiger partial charge < -0.3 is 24.2 Å². The molecule has 0 unspecified atom stereocenters. The molecule has 2 aromatic rings. The molecule has 0 spiro atoms. The maximum absolute atomic E-state index is 12.6. The lowest BCUT2D eigenvalue weighted by Crippen LogP contribution is -2.35. The Morgan fingerprint density at radius 2 is 1.48 bits per heavy atom. The predicted molar refractivity (Wildman–Crippen MR) is 151 cm³/mol. The Balaban J connectivity index is 1.04. The number of rotatable bonds is 16. The highest BCUT2D eigenvalue weighted by molar-refractivity contribution is 5.79. The SMILES string of the molecule is CN(CCOCCOCCCC(=O)OCC1c2ccccc2-c2ccccc21)C(=O)CC1(CC(=O)O)CCCC1. The zero-order valence-electron chi connectivity index (χ0n) is 23.4. The molecular weight excluding hydrogens is 510 g/mol. The largest absolute Gasteiger partial charge is 0.481 e. The van der Waals surface area contributed by atoms with E-state index in [2.05, 4.69) is 24.3 Å². The van der Waals surface area contributed by atoms with E-state index >= 15 is 0 Å². The van der Waals surface area contributed by atoms with E-state index in [-0.39, 0.29) is 30.6 Å². The summed E-state index contributed by atoms with van der Waals surface area (Å²) in [5, 5.41) is 9.24. The second-order valence-corrected chi connectivity index (χ2v) is 11.0. The standard InChI is InChI=1S/C32H41NO7/c1-33(29(34)21-32(22-30(35)36)14-6-7-15-32)16-18-39-20-19-38-17-8-13-31(37)40-23-28-26-11-4-2-9-24(26)25-10-3-5-12-27(25)28/h2-5,9-12,28H,6-8,13-23H2,1H3,(H,35,36). The molecule has 1 fully saturated rings. The van der Waals surface area contributed by atoms with Crippen LogP contribution in [0.4, 0.5) is 0 Å². The third kappa shape index (κ3) is 7.92. The second-order valence-electron chi connectivity index (χ2n) is 11.0. The van der Waals surface area contributed by atoms with Crippen molar-refractivity contribution in [1.82, 2.24) is 4.90 Å². The number of carboxylic acid groups (broad SMARTS) is 1. The molecule has 0 radical (unpaired) electrons. The first kappa shape index (κ1) is 29.7. The van der Waals surface area contributed by atoms with Crippen LogP contribution in [0.15, 0.2) is 48.5 Å². The monoisotopic (exact) mass is 551 g/mol. The van der Waals surface area contributed by atoms with Crippen molar-refractivity contribution in [1.29, 1.82) is 0 Å². The van der Waals surface area contributed by atoms with E-state index in [1.165, 1.54) is 22.3 Å². The van der Waals surface area contributed by atoms with Gasteiger partial charge in [0, 0.05) is 39.0 Å². The molecule has 8 heteroatoms. The molecule has 1 amide bonds. The van der Waals surface area contributed by atoms with Gasteiger partial charge >= 0.3 is 11.9 Å². The third-order valence-electron chi connectivity index (χ3n) is 8.13. The molecule has 0 bridgehead atoms. The summed E-state index contributed by atoms with van der Waals surface area (Å²) in [7, 11) is 1.73. The van der Waals surface area contributed by atoms with Crippen molar-refractivity contribution < 1.29 is 33.7 Å². The number of fused-ring (bicyclic) bond motifs is 3. The smallest absolute Gasteiger partial charge is 0.305 e. The van der Waals surface area contributed by atoms with Gasteiger partial charge in [-0.25, -0.2) is 0 Å². The number of aliphatic carboxylic acids is 1. The quantitative estimate of drug-likeness (QED) is 0.230. The minimum absolute atomic E-state index is 0.0313. The highest BCUT2D eigenvalue weighted by Crippen LogP contribution is 2.45. The van der Waals surface area contributed by atoms with Crippen molar-refractivity contribution in [3.63, 3.8) is 0 Å². The fourth-order valence-electron chi connectivity index (χ4n) is 5.97. The van der Waals surface area contributed by atoms with Crippen LogP contribution >= 0.6 is 0 Å². The molecule has 4 rings (SSSR count). The zero-order valence-corrected chi connectivity index (χ0v) is 23.4. The van der Waals surface area contributed by atoms with Crippen LogP contribution in [0.3, 0.4) is 0 Å². The molecule has 216 valence electrons. The van der Waals surface area contributed by atoms with E-state index in [4.69, 9.17) is 14.2 Å². The number of amides is 1. The first-order chi connectivity index (χ1) is 19.4. The average Bonchev–Trinajstić information content (AvgIpc) is 3.52. The molecule has 0 aromatic heterocycles. The van der Waals surface area contributed by atoms with Crippen LogP contribution in [0.1, 0.15) is 68.4 Å². The van der Waals surface area contributed by atoms with Crippen molar-refractivity contribution in [2.24, 2.45) is 5.41 Å². The fourth-order valence-corrected chi connectivity index (χ4v) is 5.97. The number of carbonyl (C=O) groups excluding carboxylic acids is 2. The van der Waals surface area contributed by atoms with Crippen LogP contribution in [0.5, 0.6) is 0 Å². The lowest BCUT2D eigenvalue weighted by Gasteiger charge is -2.29. The van der Waals surface area contributed by atoms with Crippen LogP contribution in [0.25, 0.3) is 11.1 Å². The second kappa shape index (κ2) is 14.4. The number of likely N-dealkylation sites (N-methyl/N-ethyl adjacent to an activating group) is 1. The van der Waals surface area contributed by atoms with E-state index in [1.54, 1.807) is 11.9 Å². The number of nitrogens with zero attached hydrogens (tertiary/aromatic N) is 1. The number of hydrogen-bond acceptors (Lipinski definition) is 6. The molecule has 2 aliphatic rings. The highest BCUT2D eigenvalue weighted by atomic mass is 16.5. The van der Waals surface area contributed by atoms with Gasteiger partial charge in [-0.2, -0.15) is 0 Å². The van der Waals surface area contributed by atoms with Crippen LogP contribution < -0.4 is 0 Å². The van der Waals surface area contributed by atoms with Crippen molar-refractivity contribution in [3.05, 3.63) is 59.7 Å². The Morgan fingerprint density at radius 1 is 0.875 bits per heavy atom. The van der Waals surface area contributed by atoms with E-state index in [1.807, 2.05) is 24.3 Å². The Bertz CT molecular complexity index is 1110. The molecule has 2 aromatic carbocycles. The molecule has 0 aliphatic heterocycles. The molecule has 0 saturated heterocycles. The maximum Gasteiger partial charge on any atom is 0.305 e. The Kier molecular flexibility index (Phi) is 10.7. The Labute approximate surface area is 236 Å². The van der Waals surface area contributed by atoms with E-state index in [0.29, 0.717) is 52.4 Å². The summed E-state index contributed by atoms with van der Waals surface area (Å²) < 4.78 is 16.8. The number of carboxylic acids is 1. The topological polar surface area (TPSA) is 102 Å². The molecule has 8 nitrogen and oxygen atoms in total. The molecule has 0 heterocycles. The number of carbonyl (C=O) groups is 3. The molecule has 2 aliphatic carbocycles. The van der Waals surface area contributed by atoms with Crippen LogP contribution in [-0.2, 0) is 28.6 Å². The summed E-state index contributed by atoms with van der Waals surface area (Å²) in [6.07, 6.45) is 4.78. The van der Waals surface area contributed by atoms with Crippen molar-refractivity contribution in [2.45, 2.75) is 57.3 Å². The summed E-state index contributed by atoms with van der Waals surface area (Å²) >= 11 is 0. The Hall–Kier alpha value is -3.23. The van der Waals surface area contributed by atoms with Gasteiger partial charge in [0.2, 0.25) is 5.91 Å². The van der Waals surface area contributed by atoms with Gasteiger partial charge in [-0.05, 0) is 46.9 Å². The molecule has 0 atom stereocenters. The average molecular weight is 552 g/mol. The number of hydrogen-bond donors (Lipinski definition) is 1.